The second-order valence-corrected chi connectivity index (χ2v) is 5.38. The van der Waals surface area contributed by atoms with Gasteiger partial charge >= 0.3 is 0 Å². The lowest BCUT2D eigenvalue weighted by atomic mass is 10.2. The molecule has 0 aliphatic rings. The molecule has 0 saturated heterocycles. The lowest BCUT2D eigenvalue weighted by Gasteiger charge is -2.26. The van der Waals surface area contributed by atoms with Gasteiger partial charge in [0.05, 0.1) is 12.2 Å². The number of anilines is 1. The summed E-state index contributed by atoms with van der Waals surface area (Å²) in [6.07, 6.45) is 3.53. The van der Waals surface area contributed by atoms with Crippen LogP contribution in [0.1, 0.15) is 45.9 Å². The van der Waals surface area contributed by atoms with Crippen molar-refractivity contribution in [2.24, 2.45) is 0 Å². The largest absolute Gasteiger partial charge is 0.439 e. The molecule has 0 fully saturated rings. The molecule has 0 radical (unpaired) electrons. The highest BCUT2D eigenvalue weighted by molar-refractivity contribution is 5.85. The number of nitrogen functional groups attached to an aromatic ring is 1. The number of fused-ring (bicyclic) bond motifs is 1. The number of aromatic nitrogens is 1. The van der Waals surface area contributed by atoms with E-state index in [1.54, 1.807) is 0 Å². The van der Waals surface area contributed by atoms with Crippen LogP contribution in [0.2, 0.25) is 0 Å². The van der Waals surface area contributed by atoms with E-state index in [4.69, 9.17) is 10.2 Å². The van der Waals surface area contributed by atoms with Crippen LogP contribution < -0.4 is 5.73 Å². The van der Waals surface area contributed by atoms with Gasteiger partial charge in [-0.15, -0.1) is 0 Å². The van der Waals surface area contributed by atoms with Gasteiger partial charge in [0, 0.05) is 6.04 Å². The van der Waals surface area contributed by atoms with Gasteiger partial charge < -0.3 is 10.2 Å². The van der Waals surface area contributed by atoms with Crippen LogP contribution in [0.25, 0.3) is 11.1 Å². The number of nitrogens with two attached hydrogens (primary N) is 1. The van der Waals surface area contributed by atoms with E-state index in [1.165, 1.54) is 12.8 Å². The molecule has 0 aliphatic carbocycles. The van der Waals surface area contributed by atoms with Gasteiger partial charge in [-0.1, -0.05) is 26.3 Å². The molecule has 0 aliphatic heterocycles. The normalized spacial score (nSPS) is 13.2. The molecule has 20 heavy (non-hydrogen) atoms. The molecular formula is C16H25N3O. The Balaban J connectivity index is 2.17. The maximum atomic E-state index is 5.93. The van der Waals surface area contributed by atoms with Gasteiger partial charge in [-0.05, 0) is 38.4 Å². The van der Waals surface area contributed by atoms with Crippen molar-refractivity contribution >= 4 is 16.8 Å². The van der Waals surface area contributed by atoms with Gasteiger partial charge in [0.15, 0.2) is 5.58 Å². The zero-order valence-electron chi connectivity index (χ0n) is 12.7. The van der Waals surface area contributed by atoms with Crippen molar-refractivity contribution in [2.45, 2.75) is 52.6 Å². The van der Waals surface area contributed by atoms with Gasteiger partial charge in [0.25, 0.3) is 0 Å². The summed E-state index contributed by atoms with van der Waals surface area (Å²) in [5, 5.41) is 0. The zero-order chi connectivity index (χ0) is 14.5. The highest BCUT2D eigenvalue weighted by Gasteiger charge is 2.16. The van der Waals surface area contributed by atoms with Crippen LogP contribution in [-0.4, -0.2) is 22.5 Å². The third kappa shape index (κ3) is 3.31. The third-order valence-corrected chi connectivity index (χ3v) is 3.85. The quantitative estimate of drug-likeness (QED) is 0.781. The fourth-order valence-electron chi connectivity index (χ4n) is 2.33. The molecule has 4 nitrogen and oxygen atoms in total. The van der Waals surface area contributed by atoms with Gasteiger partial charge in [0.2, 0.25) is 5.89 Å². The topological polar surface area (TPSA) is 55.3 Å². The lowest BCUT2D eigenvalue weighted by molar-refractivity contribution is 0.176. The Morgan fingerprint density at radius 1 is 1.35 bits per heavy atom. The van der Waals surface area contributed by atoms with E-state index >= 15 is 0 Å². The van der Waals surface area contributed by atoms with Gasteiger partial charge in [-0.3, -0.25) is 4.90 Å². The Labute approximate surface area is 121 Å². The summed E-state index contributed by atoms with van der Waals surface area (Å²) in [7, 11) is 0. The monoisotopic (exact) mass is 275 g/mol. The summed E-state index contributed by atoms with van der Waals surface area (Å²) in [4.78, 5) is 6.98. The molecule has 2 N–H and O–H groups in total. The average molecular weight is 275 g/mol. The molecule has 110 valence electrons. The predicted molar refractivity (Wildman–Crippen MR) is 83.5 cm³/mol. The highest BCUT2D eigenvalue weighted by atomic mass is 16.3. The fourth-order valence-corrected chi connectivity index (χ4v) is 2.33. The smallest absolute Gasteiger partial charge is 0.209 e. The molecule has 1 aromatic heterocycles. The zero-order valence-corrected chi connectivity index (χ0v) is 12.7. The molecule has 1 atom stereocenters. The van der Waals surface area contributed by atoms with Gasteiger partial charge in [-0.25, -0.2) is 4.98 Å². The minimum atomic E-state index is 0.536. The van der Waals surface area contributed by atoms with E-state index in [9.17, 15) is 0 Å². The minimum absolute atomic E-state index is 0.536. The number of rotatable bonds is 7. The number of oxazole rings is 1. The standard InChI is InChI=1S/C16H25N3O/c1-4-6-10-19(12(3)5-2)11-15-18-16-13(17)8-7-9-14(16)20-15/h7-9,12H,4-6,10-11,17H2,1-3H3. The van der Waals surface area contributed by atoms with Crippen molar-refractivity contribution in [1.29, 1.82) is 0 Å². The Morgan fingerprint density at radius 2 is 2.15 bits per heavy atom. The van der Waals surface area contributed by atoms with Crippen LogP contribution >= 0.6 is 0 Å². The summed E-state index contributed by atoms with van der Waals surface area (Å²) in [6.45, 7) is 8.53. The summed E-state index contributed by atoms with van der Waals surface area (Å²) in [6, 6.07) is 6.21. The molecule has 1 aromatic carbocycles. The Kier molecular flexibility index (Phi) is 5.01. The molecule has 0 bridgehead atoms. The molecule has 0 amide bonds. The molecule has 2 rings (SSSR count). The number of nitrogens with zero attached hydrogens (tertiary/aromatic N) is 2. The maximum absolute atomic E-state index is 5.93. The molecular weight excluding hydrogens is 250 g/mol. The van der Waals surface area contributed by atoms with Crippen LogP contribution in [0, 0.1) is 0 Å². The summed E-state index contributed by atoms with van der Waals surface area (Å²) in [5.41, 5.74) is 8.17. The van der Waals surface area contributed by atoms with Crippen molar-refractivity contribution in [3.05, 3.63) is 24.1 Å². The lowest BCUT2D eigenvalue weighted by Crippen LogP contribution is -2.33. The minimum Gasteiger partial charge on any atom is -0.439 e. The van der Waals surface area contributed by atoms with Crippen LogP contribution in [0.15, 0.2) is 22.6 Å². The van der Waals surface area contributed by atoms with Crippen molar-refractivity contribution < 1.29 is 4.42 Å². The van der Waals surface area contributed by atoms with Crippen molar-refractivity contribution in [3.8, 4) is 0 Å². The molecule has 1 heterocycles. The molecule has 2 aromatic rings. The number of benzene rings is 1. The Hall–Kier alpha value is -1.55. The Morgan fingerprint density at radius 3 is 2.80 bits per heavy atom. The van der Waals surface area contributed by atoms with Gasteiger partial charge in [-0.2, -0.15) is 0 Å². The number of unbranched alkanes of at least 4 members (excludes halogenated alkanes) is 1. The second-order valence-electron chi connectivity index (χ2n) is 5.38. The number of hydrogen-bond donors (Lipinski definition) is 1. The highest BCUT2D eigenvalue weighted by Crippen LogP contribution is 2.22. The van der Waals surface area contributed by atoms with Crippen LogP contribution in [0.5, 0.6) is 0 Å². The molecule has 0 spiro atoms. The Bertz CT molecular complexity index is 550. The first-order valence-electron chi connectivity index (χ1n) is 7.53. The van der Waals surface area contributed by atoms with Crippen molar-refractivity contribution in [2.75, 3.05) is 12.3 Å². The van der Waals surface area contributed by atoms with Crippen LogP contribution in [0.3, 0.4) is 0 Å². The van der Waals surface area contributed by atoms with E-state index in [0.717, 1.165) is 36.5 Å². The molecule has 1 unspecified atom stereocenters. The van der Waals surface area contributed by atoms with E-state index in [2.05, 4.69) is 30.7 Å². The van der Waals surface area contributed by atoms with Crippen LogP contribution in [-0.2, 0) is 6.54 Å². The first-order chi connectivity index (χ1) is 9.65. The van der Waals surface area contributed by atoms with E-state index in [-0.39, 0.29) is 0 Å². The van der Waals surface area contributed by atoms with Crippen molar-refractivity contribution in [3.63, 3.8) is 0 Å². The van der Waals surface area contributed by atoms with E-state index < -0.39 is 0 Å². The number of hydrogen-bond acceptors (Lipinski definition) is 4. The molecule has 4 heteroatoms. The molecule has 0 saturated carbocycles. The summed E-state index contributed by atoms with van der Waals surface area (Å²) >= 11 is 0. The first kappa shape index (κ1) is 14.9. The number of para-hydroxylation sites is 1. The van der Waals surface area contributed by atoms with Crippen molar-refractivity contribution in [1.82, 2.24) is 9.88 Å². The first-order valence-corrected chi connectivity index (χ1v) is 7.53. The predicted octanol–water partition coefficient (Wildman–Crippen LogP) is 3.81. The van der Waals surface area contributed by atoms with E-state index in [1.807, 2.05) is 18.2 Å². The summed E-state index contributed by atoms with van der Waals surface area (Å²) in [5.74, 6) is 0.759. The fraction of sp³-hybridized carbons (Fsp3) is 0.562. The summed E-state index contributed by atoms with van der Waals surface area (Å²) < 4.78 is 5.82. The van der Waals surface area contributed by atoms with E-state index in [0.29, 0.717) is 11.7 Å². The maximum Gasteiger partial charge on any atom is 0.209 e. The SMILES string of the molecule is CCCCN(Cc1nc2c(N)cccc2o1)C(C)CC. The second kappa shape index (κ2) is 6.75. The van der Waals surface area contributed by atoms with Gasteiger partial charge in [0.1, 0.15) is 5.52 Å². The van der Waals surface area contributed by atoms with Crippen LogP contribution in [0.4, 0.5) is 5.69 Å². The average Bonchev–Trinajstić information content (AvgIpc) is 2.86. The third-order valence-electron chi connectivity index (χ3n) is 3.85.